The molecule has 1 N–H and O–H groups in total. The first-order valence-electron chi connectivity index (χ1n) is 8.43. The van der Waals surface area contributed by atoms with Gasteiger partial charge in [-0.25, -0.2) is 4.98 Å². The summed E-state index contributed by atoms with van der Waals surface area (Å²) in [6, 6.07) is 15.5. The molecule has 3 aromatic rings. The quantitative estimate of drug-likeness (QED) is 0.529. The van der Waals surface area contributed by atoms with Crippen LogP contribution in [0.5, 0.6) is 0 Å². The lowest BCUT2D eigenvalue weighted by molar-refractivity contribution is 0.0707. The number of amides is 1. The Morgan fingerprint density at radius 1 is 1.27 bits per heavy atom. The summed E-state index contributed by atoms with van der Waals surface area (Å²) in [5.41, 5.74) is 4.15. The molecule has 0 saturated heterocycles. The molecule has 1 aliphatic rings. The van der Waals surface area contributed by atoms with Gasteiger partial charge in [-0.1, -0.05) is 48.0 Å². The lowest BCUT2D eigenvalue weighted by Gasteiger charge is -2.37. The normalized spacial score (nSPS) is 16.3. The van der Waals surface area contributed by atoms with E-state index in [-0.39, 0.29) is 5.91 Å². The number of halogens is 1. The molecule has 0 unspecified atom stereocenters. The molecule has 26 heavy (non-hydrogen) atoms. The zero-order valence-corrected chi connectivity index (χ0v) is 15.1. The maximum absolute atomic E-state index is 13.0. The van der Waals surface area contributed by atoms with Crippen molar-refractivity contribution in [2.45, 2.75) is 13.1 Å². The largest absolute Gasteiger partial charge is 0.361 e. The third-order valence-corrected chi connectivity index (χ3v) is 4.97. The molecule has 2 heterocycles. The van der Waals surface area contributed by atoms with Gasteiger partial charge in [-0.3, -0.25) is 4.79 Å². The number of nitrogens with zero attached hydrogens (tertiary/aromatic N) is 2. The van der Waals surface area contributed by atoms with Gasteiger partial charge in [0.1, 0.15) is 11.3 Å². The summed E-state index contributed by atoms with van der Waals surface area (Å²) in [6.07, 6.45) is 1.31. The second-order valence-electron chi connectivity index (χ2n) is 6.35. The Balaban J connectivity index is 1.88. The van der Waals surface area contributed by atoms with Gasteiger partial charge < -0.3 is 10.2 Å². The fourth-order valence-corrected chi connectivity index (χ4v) is 3.64. The molecular formula is C21H18ClN3O. The van der Waals surface area contributed by atoms with E-state index in [1.165, 1.54) is 0 Å². The molecule has 1 atom stereocenters. The smallest absolute Gasteiger partial charge is 0.258 e. The van der Waals surface area contributed by atoms with E-state index in [4.69, 9.17) is 11.6 Å². The van der Waals surface area contributed by atoms with Gasteiger partial charge in [0, 0.05) is 23.2 Å². The average Bonchev–Trinajstić information content (AvgIpc) is 2.64. The topological polar surface area (TPSA) is 45.2 Å². The fraction of sp³-hybridized carbons (Fsp3) is 0.143. The van der Waals surface area contributed by atoms with E-state index in [2.05, 4.69) is 16.9 Å². The van der Waals surface area contributed by atoms with Crippen LogP contribution in [0.1, 0.15) is 27.7 Å². The van der Waals surface area contributed by atoms with Crippen LogP contribution in [-0.2, 0) is 0 Å². The minimum Gasteiger partial charge on any atom is -0.361 e. The van der Waals surface area contributed by atoms with Crippen LogP contribution in [0.2, 0.25) is 5.15 Å². The Bertz CT molecular complexity index is 1030. The number of carbonyl (C=O) groups is 1. The fourth-order valence-electron chi connectivity index (χ4n) is 3.40. The number of nitrogens with one attached hydrogen (secondary N) is 1. The second-order valence-corrected chi connectivity index (χ2v) is 6.71. The summed E-state index contributed by atoms with van der Waals surface area (Å²) in [5.74, 6) is -0.0512. The van der Waals surface area contributed by atoms with Gasteiger partial charge in [0.2, 0.25) is 0 Å². The van der Waals surface area contributed by atoms with Crippen LogP contribution >= 0.6 is 11.6 Å². The van der Waals surface area contributed by atoms with Crippen LogP contribution in [-0.4, -0.2) is 22.3 Å². The second kappa shape index (κ2) is 6.46. The van der Waals surface area contributed by atoms with Gasteiger partial charge >= 0.3 is 0 Å². The summed E-state index contributed by atoms with van der Waals surface area (Å²) < 4.78 is 0. The molecule has 4 nitrogen and oxygen atoms in total. The minimum atomic E-state index is -0.402. The number of aromatic nitrogens is 1. The van der Waals surface area contributed by atoms with Crippen molar-refractivity contribution in [1.29, 1.82) is 0 Å². The van der Waals surface area contributed by atoms with Gasteiger partial charge in [-0.15, -0.1) is 6.58 Å². The predicted octanol–water partition coefficient (Wildman–Crippen LogP) is 4.95. The molecule has 0 aliphatic carbocycles. The number of hydrogen-bond acceptors (Lipinski definition) is 3. The lowest BCUT2D eigenvalue weighted by atomic mass is 10.0. The van der Waals surface area contributed by atoms with Crippen molar-refractivity contribution >= 4 is 34.1 Å². The zero-order chi connectivity index (χ0) is 18.3. The average molecular weight is 364 g/mol. The lowest BCUT2D eigenvalue weighted by Crippen LogP contribution is -2.43. The van der Waals surface area contributed by atoms with E-state index >= 15 is 0 Å². The molecular weight excluding hydrogens is 346 g/mol. The molecule has 1 aromatic heterocycles. The van der Waals surface area contributed by atoms with Crippen LogP contribution in [0, 0.1) is 6.92 Å². The molecule has 0 saturated carbocycles. The highest BCUT2D eigenvalue weighted by atomic mass is 35.5. The Kier molecular flexibility index (Phi) is 4.13. The van der Waals surface area contributed by atoms with E-state index in [9.17, 15) is 4.79 Å². The van der Waals surface area contributed by atoms with E-state index in [0.29, 0.717) is 17.3 Å². The maximum atomic E-state index is 13.0. The van der Waals surface area contributed by atoms with Crippen LogP contribution in [0.25, 0.3) is 10.9 Å². The maximum Gasteiger partial charge on any atom is 0.258 e. The number of pyridine rings is 1. The van der Waals surface area contributed by atoms with Gasteiger partial charge in [0.15, 0.2) is 0 Å². The van der Waals surface area contributed by atoms with Gasteiger partial charge in [0.05, 0.1) is 11.1 Å². The molecule has 1 amide bonds. The monoisotopic (exact) mass is 363 g/mol. The van der Waals surface area contributed by atoms with Crippen LogP contribution in [0.4, 0.5) is 5.69 Å². The number of anilines is 1. The van der Waals surface area contributed by atoms with Crippen molar-refractivity contribution in [3.63, 3.8) is 0 Å². The van der Waals surface area contributed by atoms with E-state index in [0.717, 1.165) is 27.7 Å². The molecule has 0 spiro atoms. The van der Waals surface area contributed by atoms with Crippen LogP contribution in [0.3, 0.4) is 0 Å². The number of hydrogen-bond donors (Lipinski definition) is 1. The Hall–Kier alpha value is -2.85. The summed E-state index contributed by atoms with van der Waals surface area (Å²) in [6.45, 7) is 6.20. The van der Waals surface area contributed by atoms with Crippen LogP contribution in [0.15, 0.2) is 61.2 Å². The van der Waals surface area contributed by atoms with Crippen molar-refractivity contribution in [3.05, 3.63) is 83.0 Å². The molecule has 0 fully saturated rings. The van der Waals surface area contributed by atoms with Crippen molar-refractivity contribution in [3.8, 4) is 0 Å². The van der Waals surface area contributed by atoms with E-state index in [1.807, 2.05) is 55.5 Å². The summed E-state index contributed by atoms with van der Waals surface area (Å²) >= 11 is 6.53. The van der Waals surface area contributed by atoms with Crippen molar-refractivity contribution in [1.82, 2.24) is 9.88 Å². The molecule has 4 rings (SSSR count). The zero-order valence-electron chi connectivity index (χ0n) is 14.4. The summed E-state index contributed by atoms with van der Waals surface area (Å²) in [4.78, 5) is 19.3. The summed E-state index contributed by atoms with van der Waals surface area (Å²) in [7, 11) is 0. The molecule has 130 valence electrons. The third kappa shape index (κ3) is 2.63. The van der Waals surface area contributed by atoms with Crippen molar-refractivity contribution < 1.29 is 4.79 Å². The molecule has 1 aliphatic heterocycles. The first kappa shape index (κ1) is 16.6. The SMILES string of the molecule is C=CCN1C(=O)c2ccccc2N[C@@H]1c1cc2cccc(C)c2nc1Cl. The highest BCUT2D eigenvalue weighted by molar-refractivity contribution is 6.30. The number of rotatable bonds is 3. The third-order valence-electron chi connectivity index (χ3n) is 4.67. The number of benzene rings is 2. The number of para-hydroxylation sites is 2. The first-order chi connectivity index (χ1) is 12.6. The summed E-state index contributed by atoms with van der Waals surface area (Å²) in [5, 5.41) is 4.82. The highest BCUT2D eigenvalue weighted by Gasteiger charge is 2.33. The molecule has 0 bridgehead atoms. The Labute approximate surface area is 157 Å². The Morgan fingerprint density at radius 3 is 2.88 bits per heavy atom. The van der Waals surface area contributed by atoms with Gasteiger partial charge in [-0.2, -0.15) is 0 Å². The highest BCUT2D eigenvalue weighted by Crippen LogP contribution is 2.36. The standard InChI is InChI=1S/C21H18ClN3O/c1-3-11-25-20(23-17-10-5-4-9-15(17)21(25)26)16-12-14-8-6-7-13(2)18(14)24-19(16)22/h3-10,12,20,23H,1,11H2,2H3/t20-/m0/s1. The van der Waals surface area contributed by atoms with Crippen molar-refractivity contribution in [2.24, 2.45) is 0 Å². The molecule has 2 aromatic carbocycles. The number of carbonyl (C=O) groups excluding carboxylic acids is 1. The first-order valence-corrected chi connectivity index (χ1v) is 8.81. The predicted molar refractivity (Wildman–Crippen MR) is 106 cm³/mol. The van der Waals surface area contributed by atoms with Gasteiger partial charge in [-0.05, 0) is 30.7 Å². The Morgan fingerprint density at radius 2 is 2.08 bits per heavy atom. The van der Waals surface area contributed by atoms with E-state index in [1.54, 1.807) is 11.0 Å². The van der Waals surface area contributed by atoms with E-state index < -0.39 is 6.17 Å². The number of aryl methyl sites for hydroxylation is 1. The molecule has 5 heteroatoms. The number of fused-ring (bicyclic) bond motifs is 2. The molecule has 0 radical (unpaired) electrons. The van der Waals surface area contributed by atoms with Gasteiger partial charge in [0.25, 0.3) is 5.91 Å². The van der Waals surface area contributed by atoms with Crippen LogP contribution < -0.4 is 5.32 Å². The van der Waals surface area contributed by atoms with Crippen molar-refractivity contribution in [2.75, 3.05) is 11.9 Å². The minimum absolute atomic E-state index is 0.0512.